The normalized spacial score (nSPS) is 12.3. The van der Waals surface area contributed by atoms with Gasteiger partial charge in [-0.15, -0.1) is 0 Å². The molecule has 1 aromatic heterocycles. The van der Waals surface area contributed by atoms with Crippen molar-refractivity contribution in [1.82, 2.24) is 9.13 Å². The molecule has 0 spiro atoms. The minimum Gasteiger partial charge on any atom is -0.497 e. The second-order valence-corrected chi connectivity index (χ2v) is 11.5. The van der Waals surface area contributed by atoms with Gasteiger partial charge in [0.2, 0.25) is 0 Å². The third-order valence-electron chi connectivity index (χ3n) is 3.65. The highest BCUT2D eigenvalue weighted by atomic mass is 28.3. The molecule has 0 unspecified atom stereocenters. The molecule has 0 saturated heterocycles. The molecule has 110 valence electrons. The zero-order valence-corrected chi connectivity index (χ0v) is 14.5. The molecule has 0 amide bonds. The van der Waals surface area contributed by atoms with Crippen molar-refractivity contribution in [3.63, 3.8) is 0 Å². The molecule has 0 atom stereocenters. The van der Waals surface area contributed by atoms with Crippen LogP contribution in [0.3, 0.4) is 0 Å². The van der Waals surface area contributed by atoms with Crippen LogP contribution >= 0.6 is 0 Å². The highest BCUT2D eigenvalue weighted by Crippen LogP contribution is 2.28. The summed E-state index contributed by atoms with van der Waals surface area (Å²) in [4.78, 5) is 2.23. The Hall–Kier alpha value is -1.26. The lowest BCUT2D eigenvalue weighted by atomic mass is 10.1. The van der Waals surface area contributed by atoms with Crippen LogP contribution in [0.1, 0.15) is 5.56 Å². The van der Waals surface area contributed by atoms with Crippen LogP contribution < -0.4 is 4.74 Å². The molecule has 2 aromatic rings. The third-order valence-corrected chi connectivity index (χ3v) is 5.46. The van der Waals surface area contributed by atoms with E-state index < -0.39 is 8.24 Å². The molecule has 0 bridgehead atoms. The minimum absolute atomic E-state index is 0.942. The molecule has 0 N–H and O–H groups in total. The van der Waals surface area contributed by atoms with Crippen LogP contribution in [0, 0.1) is 0 Å². The zero-order chi connectivity index (χ0) is 14.9. The van der Waals surface area contributed by atoms with Gasteiger partial charge < -0.3 is 13.9 Å². The lowest BCUT2D eigenvalue weighted by Gasteiger charge is -2.20. The first kappa shape index (κ1) is 15.1. The average molecular weight is 290 g/mol. The van der Waals surface area contributed by atoms with Crippen LogP contribution in [0.25, 0.3) is 10.9 Å². The van der Waals surface area contributed by atoms with Gasteiger partial charge in [0.15, 0.2) is 8.24 Å². The van der Waals surface area contributed by atoms with Crippen molar-refractivity contribution in [2.75, 3.05) is 27.7 Å². The van der Waals surface area contributed by atoms with E-state index in [1.807, 2.05) is 0 Å². The molecule has 1 heterocycles. The maximum Gasteiger partial charge on any atom is 0.152 e. The number of methoxy groups -OCH3 is 1. The Morgan fingerprint density at radius 2 is 1.90 bits per heavy atom. The summed E-state index contributed by atoms with van der Waals surface area (Å²) in [6.45, 7) is 8.22. The lowest BCUT2D eigenvalue weighted by Crippen LogP contribution is -2.31. The topological polar surface area (TPSA) is 17.4 Å². The molecule has 0 radical (unpaired) electrons. The molecule has 0 aliphatic rings. The Morgan fingerprint density at radius 1 is 1.20 bits per heavy atom. The van der Waals surface area contributed by atoms with E-state index in [1.54, 1.807) is 7.11 Å². The molecule has 4 heteroatoms. The Bertz CT molecular complexity index is 596. The Morgan fingerprint density at radius 3 is 2.45 bits per heavy atom. The molecule has 2 rings (SSSR count). The fourth-order valence-corrected chi connectivity index (χ4v) is 3.96. The van der Waals surface area contributed by atoms with E-state index in [1.165, 1.54) is 16.5 Å². The van der Waals surface area contributed by atoms with Crippen LogP contribution in [-0.4, -0.2) is 45.1 Å². The van der Waals surface area contributed by atoms with Gasteiger partial charge in [0.1, 0.15) is 5.75 Å². The number of rotatable bonds is 5. The fraction of sp³-hybridized carbons (Fsp3) is 0.500. The number of hydrogen-bond donors (Lipinski definition) is 0. The quantitative estimate of drug-likeness (QED) is 0.785. The number of hydrogen-bond acceptors (Lipinski definition) is 2. The summed E-state index contributed by atoms with van der Waals surface area (Å²) in [6.07, 6.45) is 3.44. The van der Waals surface area contributed by atoms with Crippen LogP contribution in [0.4, 0.5) is 0 Å². The van der Waals surface area contributed by atoms with E-state index in [0.717, 1.165) is 18.7 Å². The predicted octanol–water partition coefficient (Wildman–Crippen LogP) is 3.44. The summed E-state index contributed by atoms with van der Waals surface area (Å²) in [5, 5.41) is 1.34. The minimum atomic E-state index is -1.40. The standard InChI is InChI=1S/C16H26N2OSi/c1-17(2)10-9-13-12-18(20(4,5)6)16-8-7-14(19-3)11-15(13)16/h7-8,11-12H,9-10H2,1-6H3. The van der Waals surface area contributed by atoms with Crippen molar-refractivity contribution in [3.8, 4) is 5.75 Å². The molecule has 0 aliphatic carbocycles. The number of fused-ring (bicyclic) bond motifs is 1. The monoisotopic (exact) mass is 290 g/mol. The maximum atomic E-state index is 5.39. The van der Waals surface area contributed by atoms with Gasteiger partial charge in [-0.2, -0.15) is 0 Å². The number of ether oxygens (including phenoxy) is 1. The van der Waals surface area contributed by atoms with E-state index in [9.17, 15) is 0 Å². The molecule has 20 heavy (non-hydrogen) atoms. The van der Waals surface area contributed by atoms with E-state index in [0.29, 0.717) is 0 Å². The van der Waals surface area contributed by atoms with Crippen molar-refractivity contribution in [1.29, 1.82) is 0 Å². The maximum absolute atomic E-state index is 5.39. The largest absolute Gasteiger partial charge is 0.497 e. The van der Waals surface area contributed by atoms with Crippen molar-refractivity contribution in [2.24, 2.45) is 0 Å². The zero-order valence-electron chi connectivity index (χ0n) is 13.5. The van der Waals surface area contributed by atoms with Crippen molar-refractivity contribution in [3.05, 3.63) is 30.0 Å². The second kappa shape index (κ2) is 5.62. The van der Waals surface area contributed by atoms with Crippen LogP contribution in [0.5, 0.6) is 5.75 Å². The number of aromatic nitrogens is 1. The van der Waals surface area contributed by atoms with Gasteiger partial charge in [-0.3, -0.25) is 0 Å². The lowest BCUT2D eigenvalue weighted by molar-refractivity contribution is 0.413. The van der Waals surface area contributed by atoms with Gasteiger partial charge in [0, 0.05) is 17.4 Å². The van der Waals surface area contributed by atoms with Gasteiger partial charge in [-0.25, -0.2) is 0 Å². The van der Waals surface area contributed by atoms with E-state index in [-0.39, 0.29) is 0 Å². The molecule has 0 fully saturated rings. The molecular formula is C16H26N2OSi. The summed E-state index contributed by atoms with van der Waals surface area (Å²) in [7, 11) is 4.58. The first-order valence-electron chi connectivity index (χ1n) is 7.16. The summed E-state index contributed by atoms with van der Waals surface area (Å²) < 4.78 is 7.90. The molecular weight excluding hydrogens is 264 g/mol. The summed E-state index contributed by atoms with van der Waals surface area (Å²) in [6, 6.07) is 6.44. The predicted molar refractivity (Wildman–Crippen MR) is 89.5 cm³/mol. The fourth-order valence-electron chi connectivity index (χ4n) is 2.50. The second-order valence-electron chi connectivity index (χ2n) is 6.63. The smallest absolute Gasteiger partial charge is 0.152 e. The molecule has 1 aromatic carbocycles. The molecule has 0 aliphatic heterocycles. The Kier molecular flexibility index (Phi) is 4.25. The molecule has 0 saturated carbocycles. The van der Waals surface area contributed by atoms with Gasteiger partial charge in [0.05, 0.1) is 7.11 Å². The molecule has 3 nitrogen and oxygen atoms in total. The van der Waals surface area contributed by atoms with Crippen molar-refractivity contribution in [2.45, 2.75) is 26.1 Å². The van der Waals surface area contributed by atoms with Crippen molar-refractivity contribution >= 4 is 19.1 Å². The van der Waals surface area contributed by atoms with E-state index in [4.69, 9.17) is 4.74 Å². The van der Waals surface area contributed by atoms with E-state index >= 15 is 0 Å². The Balaban J connectivity index is 2.54. The van der Waals surface area contributed by atoms with Gasteiger partial charge in [-0.05, 0) is 50.5 Å². The first-order valence-corrected chi connectivity index (χ1v) is 10.6. The third kappa shape index (κ3) is 3.07. The highest BCUT2D eigenvalue weighted by molar-refractivity contribution is 6.75. The SMILES string of the molecule is COc1ccc2c(c1)c(CCN(C)C)cn2[Si](C)(C)C. The summed E-state index contributed by atoms with van der Waals surface area (Å²) >= 11 is 0. The number of likely N-dealkylation sites (N-methyl/N-ethyl adjacent to an activating group) is 1. The van der Waals surface area contributed by atoms with Gasteiger partial charge in [-0.1, -0.05) is 19.6 Å². The highest BCUT2D eigenvalue weighted by Gasteiger charge is 2.20. The van der Waals surface area contributed by atoms with Crippen LogP contribution in [-0.2, 0) is 6.42 Å². The number of nitrogens with zero attached hydrogens (tertiary/aromatic N) is 2. The van der Waals surface area contributed by atoms with E-state index in [2.05, 4.69) is 67.3 Å². The Labute approximate surface area is 123 Å². The number of benzene rings is 1. The first-order chi connectivity index (χ1) is 9.32. The van der Waals surface area contributed by atoms with Crippen LogP contribution in [0.2, 0.25) is 19.6 Å². The van der Waals surface area contributed by atoms with Gasteiger partial charge >= 0.3 is 0 Å². The average Bonchev–Trinajstić information content (AvgIpc) is 2.74. The van der Waals surface area contributed by atoms with Gasteiger partial charge in [0.25, 0.3) is 0 Å². The van der Waals surface area contributed by atoms with Crippen LogP contribution in [0.15, 0.2) is 24.4 Å². The summed E-state index contributed by atoms with van der Waals surface area (Å²) in [5.41, 5.74) is 2.77. The summed E-state index contributed by atoms with van der Waals surface area (Å²) in [5.74, 6) is 0.942. The van der Waals surface area contributed by atoms with Crippen molar-refractivity contribution < 1.29 is 4.74 Å².